The fourth-order valence-electron chi connectivity index (χ4n) is 2.93. The molecule has 142 valence electrons. The summed E-state index contributed by atoms with van der Waals surface area (Å²) in [4.78, 5) is 30.4. The van der Waals surface area contributed by atoms with Gasteiger partial charge in [-0.25, -0.2) is 9.86 Å². The van der Waals surface area contributed by atoms with Crippen LogP contribution >= 0.6 is 0 Å². The Labute approximate surface area is 156 Å². The van der Waals surface area contributed by atoms with Crippen LogP contribution in [0.3, 0.4) is 0 Å². The minimum atomic E-state index is -1.14. The summed E-state index contributed by atoms with van der Waals surface area (Å²) < 4.78 is 5.86. The average Bonchev–Trinajstić information content (AvgIpc) is 2.67. The van der Waals surface area contributed by atoms with E-state index in [0.29, 0.717) is 30.2 Å². The molecule has 0 spiro atoms. The van der Waals surface area contributed by atoms with Gasteiger partial charge < -0.3 is 14.7 Å². The van der Waals surface area contributed by atoms with E-state index in [9.17, 15) is 9.59 Å². The highest BCUT2D eigenvalue weighted by Gasteiger charge is 2.33. The lowest BCUT2D eigenvalue weighted by Crippen LogP contribution is -2.49. The van der Waals surface area contributed by atoms with E-state index < -0.39 is 12.2 Å². The molecule has 0 aromatic heterocycles. The smallest absolute Gasteiger partial charge is 0.409 e. The topological polar surface area (TPSA) is 91.3 Å². The molecule has 2 amide bonds. The highest BCUT2D eigenvalue weighted by atomic mass is 16.7. The van der Waals surface area contributed by atoms with E-state index in [1.807, 2.05) is 35.2 Å². The van der Waals surface area contributed by atoms with E-state index in [2.05, 4.69) is 5.32 Å². The zero-order chi connectivity index (χ0) is 19.4. The van der Waals surface area contributed by atoms with Crippen LogP contribution in [0, 0.1) is 0 Å². The van der Waals surface area contributed by atoms with Gasteiger partial charge in [0, 0.05) is 19.3 Å². The van der Waals surface area contributed by atoms with Gasteiger partial charge in [-0.2, -0.15) is 0 Å². The van der Waals surface area contributed by atoms with E-state index in [1.54, 1.807) is 18.2 Å². The third-order valence-electron chi connectivity index (χ3n) is 4.28. The molecule has 3 rings (SSSR count). The maximum Gasteiger partial charge on any atom is 0.409 e. The first-order valence-electron chi connectivity index (χ1n) is 8.39. The Morgan fingerprint density at radius 1 is 1.30 bits per heavy atom. The SMILES string of the molecule is CON(C)C(=O)C1CN(Cc2ccccc2)c2cc(NC(=O)O)ccc2O1. The Hall–Kier alpha value is -3.26. The first-order chi connectivity index (χ1) is 13.0. The van der Waals surface area contributed by atoms with Crippen LogP contribution in [0.15, 0.2) is 48.5 Å². The van der Waals surface area contributed by atoms with E-state index in [0.717, 1.165) is 10.6 Å². The van der Waals surface area contributed by atoms with Crippen molar-refractivity contribution in [3.8, 4) is 5.75 Å². The number of nitrogens with one attached hydrogen (secondary N) is 1. The Morgan fingerprint density at radius 2 is 2.04 bits per heavy atom. The highest BCUT2D eigenvalue weighted by Crippen LogP contribution is 2.37. The lowest BCUT2D eigenvalue weighted by molar-refractivity contribution is -0.176. The van der Waals surface area contributed by atoms with Gasteiger partial charge in [0.25, 0.3) is 5.91 Å². The van der Waals surface area contributed by atoms with Crippen LogP contribution in [0.1, 0.15) is 5.56 Å². The van der Waals surface area contributed by atoms with Gasteiger partial charge in [0.05, 0.1) is 19.3 Å². The maximum atomic E-state index is 12.5. The monoisotopic (exact) mass is 371 g/mol. The van der Waals surface area contributed by atoms with E-state index in [-0.39, 0.29) is 5.91 Å². The summed E-state index contributed by atoms with van der Waals surface area (Å²) in [6.45, 7) is 0.860. The number of nitrogens with zero attached hydrogens (tertiary/aromatic N) is 2. The lowest BCUT2D eigenvalue weighted by atomic mass is 10.1. The number of rotatable bonds is 5. The number of hydrogen-bond acceptors (Lipinski definition) is 5. The van der Waals surface area contributed by atoms with Crippen molar-refractivity contribution in [3.05, 3.63) is 54.1 Å². The average molecular weight is 371 g/mol. The third-order valence-corrected chi connectivity index (χ3v) is 4.28. The van der Waals surface area contributed by atoms with Gasteiger partial charge in [-0.15, -0.1) is 0 Å². The van der Waals surface area contributed by atoms with Gasteiger partial charge in [0.1, 0.15) is 5.75 Å². The van der Waals surface area contributed by atoms with Crippen LogP contribution in [0.25, 0.3) is 0 Å². The third kappa shape index (κ3) is 4.29. The first-order valence-corrected chi connectivity index (χ1v) is 8.39. The van der Waals surface area contributed by atoms with Gasteiger partial charge >= 0.3 is 6.09 Å². The minimum absolute atomic E-state index is 0.297. The number of hydroxylamine groups is 2. The molecule has 8 nitrogen and oxygen atoms in total. The molecule has 0 fully saturated rings. The van der Waals surface area contributed by atoms with Crippen molar-refractivity contribution < 1.29 is 24.3 Å². The molecule has 27 heavy (non-hydrogen) atoms. The van der Waals surface area contributed by atoms with E-state index in [4.69, 9.17) is 14.7 Å². The van der Waals surface area contributed by atoms with E-state index >= 15 is 0 Å². The molecule has 0 aliphatic carbocycles. The summed E-state index contributed by atoms with van der Waals surface area (Å²) in [7, 11) is 2.95. The van der Waals surface area contributed by atoms with Crippen molar-refractivity contribution in [2.24, 2.45) is 0 Å². The molecule has 0 saturated carbocycles. The quantitative estimate of drug-likeness (QED) is 0.785. The summed E-state index contributed by atoms with van der Waals surface area (Å²) in [6.07, 6.45) is -1.87. The zero-order valence-corrected chi connectivity index (χ0v) is 15.1. The second-order valence-electron chi connectivity index (χ2n) is 6.10. The van der Waals surface area contributed by atoms with Crippen molar-refractivity contribution in [1.82, 2.24) is 5.06 Å². The van der Waals surface area contributed by atoms with Gasteiger partial charge in [-0.1, -0.05) is 30.3 Å². The van der Waals surface area contributed by atoms with Crippen LogP contribution in [0.2, 0.25) is 0 Å². The lowest BCUT2D eigenvalue weighted by Gasteiger charge is -2.36. The number of ether oxygens (including phenoxy) is 1. The standard InChI is InChI=1S/C19H21N3O5/c1-21(26-2)18(23)17-12-22(11-13-6-4-3-5-7-13)15-10-14(20-19(24)25)8-9-16(15)27-17/h3-10,17,20H,11-12H2,1-2H3,(H,24,25). The Bertz CT molecular complexity index is 827. The van der Waals surface area contributed by atoms with Crippen molar-refractivity contribution in [2.75, 3.05) is 30.9 Å². The van der Waals surface area contributed by atoms with Crippen molar-refractivity contribution in [1.29, 1.82) is 0 Å². The zero-order valence-electron chi connectivity index (χ0n) is 15.1. The number of hydrogen-bond donors (Lipinski definition) is 2. The number of carboxylic acid groups (broad SMARTS) is 1. The number of fused-ring (bicyclic) bond motifs is 1. The number of carbonyl (C=O) groups excluding carboxylic acids is 1. The summed E-state index contributed by atoms with van der Waals surface area (Å²) in [5, 5.41) is 12.4. The van der Waals surface area contributed by atoms with Crippen molar-refractivity contribution >= 4 is 23.4 Å². The number of carbonyl (C=O) groups is 2. The molecule has 1 aliphatic heterocycles. The Balaban J connectivity index is 1.93. The summed E-state index contributed by atoms with van der Waals surface area (Å²) in [5.74, 6) is 0.213. The van der Waals surface area contributed by atoms with Crippen LogP contribution in [0.5, 0.6) is 5.75 Å². The van der Waals surface area contributed by atoms with Crippen LogP contribution in [-0.2, 0) is 16.2 Å². The molecule has 0 saturated heterocycles. The van der Waals surface area contributed by atoms with Crippen LogP contribution in [-0.4, -0.2) is 49.0 Å². The molecule has 1 heterocycles. The summed E-state index contributed by atoms with van der Waals surface area (Å²) in [6, 6.07) is 14.8. The molecule has 0 radical (unpaired) electrons. The molecule has 1 aliphatic rings. The number of benzene rings is 2. The van der Waals surface area contributed by atoms with Crippen molar-refractivity contribution in [2.45, 2.75) is 12.6 Å². The fourth-order valence-corrected chi connectivity index (χ4v) is 2.93. The van der Waals surface area contributed by atoms with Gasteiger partial charge in [-0.3, -0.25) is 14.9 Å². The predicted octanol–water partition coefficient (Wildman–Crippen LogP) is 2.56. The Morgan fingerprint density at radius 3 is 2.70 bits per heavy atom. The van der Waals surface area contributed by atoms with Crippen molar-refractivity contribution in [3.63, 3.8) is 0 Å². The fraction of sp³-hybridized carbons (Fsp3) is 0.263. The number of likely N-dealkylation sites (N-methyl/N-ethyl adjacent to an activating group) is 1. The first kappa shape index (κ1) is 18.5. The maximum absolute atomic E-state index is 12.5. The molecular weight excluding hydrogens is 350 g/mol. The normalized spacial score (nSPS) is 15.5. The molecule has 2 aromatic carbocycles. The Kier molecular flexibility index (Phi) is 5.46. The van der Waals surface area contributed by atoms with Gasteiger partial charge in [0.2, 0.25) is 0 Å². The largest absolute Gasteiger partial charge is 0.476 e. The van der Waals surface area contributed by atoms with Gasteiger partial charge in [-0.05, 0) is 23.8 Å². The second-order valence-corrected chi connectivity index (χ2v) is 6.10. The molecule has 2 aromatic rings. The highest BCUT2D eigenvalue weighted by molar-refractivity contribution is 5.86. The summed E-state index contributed by atoms with van der Waals surface area (Å²) in [5.41, 5.74) is 2.21. The minimum Gasteiger partial charge on any atom is -0.476 e. The number of amides is 2. The number of anilines is 2. The van der Waals surface area contributed by atoms with Crippen LogP contribution in [0.4, 0.5) is 16.2 Å². The molecule has 1 unspecified atom stereocenters. The molecule has 8 heteroatoms. The summed E-state index contributed by atoms with van der Waals surface area (Å²) >= 11 is 0. The van der Waals surface area contributed by atoms with E-state index in [1.165, 1.54) is 14.2 Å². The predicted molar refractivity (Wildman–Crippen MR) is 99.8 cm³/mol. The molecular formula is C19H21N3O5. The van der Waals surface area contributed by atoms with Gasteiger partial charge in [0.15, 0.2) is 6.10 Å². The van der Waals surface area contributed by atoms with Crippen LogP contribution < -0.4 is 15.0 Å². The molecule has 0 bridgehead atoms. The molecule has 1 atom stereocenters. The molecule has 2 N–H and O–H groups in total. The second kappa shape index (κ2) is 7.96.